The number of nitrogen functional groups attached to an aromatic ring is 1. The Labute approximate surface area is 114 Å². The highest BCUT2D eigenvalue weighted by molar-refractivity contribution is 5.95. The zero-order valence-electron chi connectivity index (χ0n) is 11.5. The maximum absolute atomic E-state index is 14.1. The Morgan fingerprint density at radius 1 is 1.42 bits per heavy atom. The molecule has 104 valence electrons. The van der Waals surface area contributed by atoms with Gasteiger partial charge in [0.2, 0.25) is 0 Å². The lowest BCUT2D eigenvalue weighted by Crippen LogP contribution is -2.25. The van der Waals surface area contributed by atoms with Gasteiger partial charge in [-0.2, -0.15) is 0 Å². The largest absolute Gasteiger partial charge is 0.384 e. The molecular weight excluding hydrogens is 241 g/mol. The zero-order chi connectivity index (χ0) is 13.8. The van der Waals surface area contributed by atoms with E-state index in [9.17, 15) is 4.39 Å². The van der Waals surface area contributed by atoms with E-state index in [2.05, 4.69) is 11.8 Å². The summed E-state index contributed by atoms with van der Waals surface area (Å²) in [5.41, 5.74) is 6.46. The van der Waals surface area contributed by atoms with Crippen molar-refractivity contribution in [2.75, 3.05) is 18.0 Å². The Morgan fingerprint density at radius 3 is 2.84 bits per heavy atom. The fourth-order valence-corrected chi connectivity index (χ4v) is 2.75. The van der Waals surface area contributed by atoms with E-state index in [1.165, 1.54) is 18.9 Å². The topological polar surface area (TPSA) is 53.1 Å². The molecule has 1 aliphatic heterocycles. The van der Waals surface area contributed by atoms with Crippen molar-refractivity contribution in [3.8, 4) is 0 Å². The van der Waals surface area contributed by atoms with Crippen LogP contribution in [0.5, 0.6) is 0 Å². The van der Waals surface area contributed by atoms with Crippen molar-refractivity contribution in [3.05, 3.63) is 29.6 Å². The highest BCUT2D eigenvalue weighted by Gasteiger charge is 2.18. The second kappa shape index (κ2) is 6.04. The molecule has 1 aromatic rings. The number of nitrogens with two attached hydrogens (primary N) is 1. The van der Waals surface area contributed by atoms with Gasteiger partial charge >= 0.3 is 0 Å². The Hall–Kier alpha value is -1.58. The van der Waals surface area contributed by atoms with E-state index >= 15 is 0 Å². The van der Waals surface area contributed by atoms with Crippen LogP contribution in [-0.4, -0.2) is 18.9 Å². The van der Waals surface area contributed by atoms with E-state index in [-0.39, 0.29) is 11.7 Å². The van der Waals surface area contributed by atoms with Crippen LogP contribution < -0.4 is 10.6 Å². The summed E-state index contributed by atoms with van der Waals surface area (Å²) in [4.78, 5) is 2.12. The molecule has 1 aliphatic rings. The molecule has 0 saturated carbocycles. The molecule has 1 heterocycles. The Balaban J connectivity index is 2.15. The SMILES string of the molecule is CCC1CCCN(c2ccc(C(=N)N)cc2F)CC1. The number of nitrogens with one attached hydrogen (secondary N) is 1. The average molecular weight is 263 g/mol. The predicted octanol–water partition coefficient (Wildman–Crippen LogP) is 3.13. The van der Waals surface area contributed by atoms with E-state index < -0.39 is 0 Å². The fourth-order valence-electron chi connectivity index (χ4n) is 2.75. The summed E-state index contributed by atoms with van der Waals surface area (Å²) in [5, 5.41) is 7.33. The molecular formula is C15H22FN3. The first-order valence-corrected chi connectivity index (χ1v) is 7.00. The van der Waals surface area contributed by atoms with Crippen molar-refractivity contribution in [2.24, 2.45) is 11.7 Å². The van der Waals surface area contributed by atoms with Gasteiger partial charge in [0.1, 0.15) is 11.7 Å². The van der Waals surface area contributed by atoms with Crippen molar-refractivity contribution >= 4 is 11.5 Å². The first-order valence-electron chi connectivity index (χ1n) is 7.00. The maximum Gasteiger partial charge on any atom is 0.147 e. The van der Waals surface area contributed by atoms with E-state index in [0.29, 0.717) is 11.3 Å². The summed E-state index contributed by atoms with van der Waals surface area (Å²) in [6, 6.07) is 4.83. The third-order valence-corrected chi connectivity index (χ3v) is 4.02. The monoisotopic (exact) mass is 263 g/mol. The van der Waals surface area contributed by atoms with Gasteiger partial charge in [0, 0.05) is 18.7 Å². The van der Waals surface area contributed by atoms with Crippen molar-refractivity contribution in [3.63, 3.8) is 0 Å². The van der Waals surface area contributed by atoms with Gasteiger partial charge in [-0.05, 0) is 43.4 Å². The molecule has 0 bridgehead atoms. The van der Waals surface area contributed by atoms with Gasteiger partial charge in [0.15, 0.2) is 0 Å². The number of amidine groups is 1. The summed E-state index contributed by atoms with van der Waals surface area (Å²) in [6.07, 6.45) is 4.69. The van der Waals surface area contributed by atoms with Gasteiger partial charge < -0.3 is 10.6 Å². The van der Waals surface area contributed by atoms with Gasteiger partial charge in [-0.3, -0.25) is 5.41 Å². The summed E-state index contributed by atoms with van der Waals surface area (Å²) < 4.78 is 14.1. The molecule has 0 amide bonds. The third-order valence-electron chi connectivity index (χ3n) is 4.02. The first-order chi connectivity index (χ1) is 9.11. The lowest BCUT2D eigenvalue weighted by Gasteiger charge is -2.23. The van der Waals surface area contributed by atoms with Crippen LogP contribution in [0.25, 0.3) is 0 Å². The van der Waals surface area contributed by atoms with Crippen LogP contribution in [0.4, 0.5) is 10.1 Å². The van der Waals surface area contributed by atoms with Crippen molar-refractivity contribution < 1.29 is 4.39 Å². The van der Waals surface area contributed by atoms with Crippen LogP contribution in [0, 0.1) is 17.1 Å². The van der Waals surface area contributed by atoms with Crippen molar-refractivity contribution in [2.45, 2.75) is 32.6 Å². The molecule has 0 radical (unpaired) electrons. The molecule has 3 N–H and O–H groups in total. The molecule has 1 saturated heterocycles. The number of benzene rings is 1. The van der Waals surface area contributed by atoms with Crippen LogP contribution >= 0.6 is 0 Å². The summed E-state index contributed by atoms with van der Waals surface area (Å²) >= 11 is 0. The van der Waals surface area contributed by atoms with Gasteiger partial charge in [-0.15, -0.1) is 0 Å². The number of hydrogen-bond donors (Lipinski definition) is 2. The minimum Gasteiger partial charge on any atom is -0.384 e. The molecule has 3 nitrogen and oxygen atoms in total. The number of halogens is 1. The highest BCUT2D eigenvalue weighted by Crippen LogP contribution is 2.26. The lowest BCUT2D eigenvalue weighted by molar-refractivity contribution is 0.459. The smallest absolute Gasteiger partial charge is 0.147 e. The molecule has 1 unspecified atom stereocenters. The molecule has 2 rings (SSSR count). The summed E-state index contributed by atoms with van der Waals surface area (Å²) in [5.74, 6) is 0.402. The van der Waals surface area contributed by atoms with Gasteiger partial charge in [0.25, 0.3) is 0 Å². The summed E-state index contributed by atoms with van der Waals surface area (Å²) in [7, 11) is 0. The normalized spacial score (nSPS) is 20.1. The van der Waals surface area contributed by atoms with Crippen molar-refractivity contribution in [1.29, 1.82) is 5.41 Å². The Kier molecular flexibility index (Phi) is 4.40. The quantitative estimate of drug-likeness (QED) is 0.650. The molecule has 19 heavy (non-hydrogen) atoms. The average Bonchev–Trinajstić information content (AvgIpc) is 2.63. The van der Waals surface area contributed by atoms with Gasteiger partial charge in [0.05, 0.1) is 5.69 Å². The Morgan fingerprint density at radius 2 is 2.21 bits per heavy atom. The van der Waals surface area contributed by atoms with Crippen LogP contribution in [0.2, 0.25) is 0 Å². The standard InChI is InChI=1S/C15H22FN3/c1-2-11-4-3-8-19(9-7-11)14-6-5-12(15(17)18)10-13(14)16/h5-6,10-11H,2-4,7-9H2,1H3,(H3,17,18). The minimum atomic E-state index is -0.275. The van der Waals surface area contributed by atoms with Gasteiger partial charge in [-0.25, -0.2) is 4.39 Å². The van der Waals surface area contributed by atoms with Crippen molar-refractivity contribution in [1.82, 2.24) is 0 Å². The summed E-state index contributed by atoms with van der Waals surface area (Å²) in [6.45, 7) is 4.05. The third kappa shape index (κ3) is 3.25. The lowest BCUT2D eigenvalue weighted by atomic mass is 9.98. The zero-order valence-corrected chi connectivity index (χ0v) is 11.5. The number of nitrogens with zero attached hydrogens (tertiary/aromatic N) is 1. The van der Waals surface area contributed by atoms with E-state index in [1.807, 2.05) is 0 Å². The van der Waals surface area contributed by atoms with Crippen LogP contribution in [0.3, 0.4) is 0 Å². The van der Waals surface area contributed by atoms with Crippen LogP contribution in [0.1, 0.15) is 38.2 Å². The molecule has 1 atom stereocenters. The molecule has 1 aromatic carbocycles. The van der Waals surface area contributed by atoms with E-state index in [1.54, 1.807) is 12.1 Å². The second-order valence-electron chi connectivity index (χ2n) is 5.27. The molecule has 1 fully saturated rings. The fraction of sp³-hybridized carbons (Fsp3) is 0.533. The molecule has 0 spiro atoms. The van der Waals surface area contributed by atoms with Gasteiger partial charge in [-0.1, -0.05) is 13.3 Å². The first kappa shape index (κ1) is 13.8. The number of rotatable bonds is 3. The number of anilines is 1. The minimum absolute atomic E-state index is 0.0904. The van der Waals surface area contributed by atoms with Crippen LogP contribution in [0.15, 0.2) is 18.2 Å². The highest BCUT2D eigenvalue weighted by atomic mass is 19.1. The molecule has 0 aromatic heterocycles. The maximum atomic E-state index is 14.1. The molecule has 4 heteroatoms. The number of hydrogen-bond acceptors (Lipinski definition) is 2. The predicted molar refractivity (Wildman–Crippen MR) is 77.3 cm³/mol. The van der Waals surface area contributed by atoms with E-state index in [0.717, 1.165) is 31.8 Å². The second-order valence-corrected chi connectivity index (χ2v) is 5.27. The van der Waals surface area contributed by atoms with Crippen LogP contribution in [-0.2, 0) is 0 Å². The van der Waals surface area contributed by atoms with E-state index in [4.69, 9.17) is 11.1 Å². The Bertz CT molecular complexity index is 459. The molecule has 0 aliphatic carbocycles.